The number of aliphatic hydroxyl groups is 1. The first kappa shape index (κ1) is 35.9. The molecule has 3 N–H and O–H groups in total. The molecule has 0 radical (unpaired) electrons. The zero-order valence-electron chi connectivity index (χ0n) is 30.7. The third-order valence-corrected chi connectivity index (χ3v) is 11.2. The van der Waals surface area contributed by atoms with Gasteiger partial charge in [-0.2, -0.15) is 0 Å². The van der Waals surface area contributed by atoms with Gasteiger partial charge in [-0.15, -0.1) is 0 Å². The fourth-order valence-corrected chi connectivity index (χ4v) is 8.03. The number of benzene rings is 1. The van der Waals surface area contributed by atoms with Gasteiger partial charge in [-0.25, -0.2) is 4.79 Å². The lowest BCUT2D eigenvalue weighted by Crippen LogP contribution is -2.53. The Balaban J connectivity index is 1.05. The molecule has 2 aromatic rings. The Labute approximate surface area is 294 Å². The van der Waals surface area contributed by atoms with Crippen LogP contribution in [-0.2, 0) is 11.3 Å². The molecular formula is C39H61N7O3. The normalized spacial score (nSPS) is 24.2. The van der Waals surface area contributed by atoms with Crippen molar-refractivity contribution in [2.45, 2.75) is 123 Å². The number of aliphatic imine (C=N–C) groups is 1. The highest BCUT2D eigenvalue weighted by Crippen LogP contribution is 2.39. The van der Waals surface area contributed by atoms with Gasteiger partial charge in [0.25, 0.3) is 0 Å². The van der Waals surface area contributed by atoms with Gasteiger partial charge in [0.05, 0.1) is 6.10 Å². The van der Waals surface area contributed by atoms with Crippen LogP contribution < -0.4 is 10.6 Å². The third kappa shape index (κ3) is 9.06. The summed E-state index contributed by atoms with van der Waals surface area (Å²) in [5.41, 5.74) is 4.49. The first-order chi connectivity index (χ1) is 23.6. The number of nitrogens with zero attached hydrogens (tertiary/aromatic N) is 5. The van der Waals surface area contributed by atoms with Crippen LogP contribution in [0.4, 0.5) is 10.6 Å². The van der Waals surface area contributed by atoms with Gasteiger partial charge in [0.15, 0.2) is 6.29 Å². The lowest BCUT2D eigenvalue weighted by molar-refractivity contribution is 0.00968. The first-order valence-electron chi connectivity index (χ1n) is 19.1. The van der Waals surface area contributed by atoms with Crippen molar-refractivity contribution in [2.75, 3.05) is 51.1 Å². The van der Waals surface area contributed by atoms with Gasteiger partial charge in [-0.05, 0) is 76.3 Å². The zero-order chi connectivity index (χ0) is 34.5. The highest BCUT2D eigenvalue weighted by molar-refractivity contribution is 5.98. The summed E-state index contributed by atoms with van der Waals surface area (Å²) in [6.45, 7) is 18.0. The number of fused-ring (bicyclic) bond motifs is 1. The zero-order valence-corrected chi connectivity index (χ0v) is 30.7. The van der Waals surface area contributed by atoms with E-state index in [9.17, 15) is 9.90 Å². The molecule has 10 nitrogen and oxygen atoms in total. The molecule has 3 aliphatic heterocycles. The number of rotatable bonds is 10. The molecule has 270 valence electrons. The van der Waals surface area contributed by atoms with E-state index in [4.69, 9.17) is 9.73 Å². The molecule has 4 aliphatic rings. The smallest absolute Gasteiger partial charge is 0.410 e. The second-order valence-corrected chi connectivity index (χ2v) is 15.8. The molecule has 6 rings (SSSR count). The number of carbonyl (C=O) groups excluding carboxylic acids is 1. The quantitative estimate of drug-likeness (QED) is 0.272. The van der Waals surface area contributed by atoms with Gasteiger partial charge < -0.3 is 24.6 Å². The summed E-state index contributed by atoms with van der Waals surface area (Å²) < 4.78 is 8.02. The fourth-order valence-electron chi connectivity index (χ4n) is 8.03. The van der Waals surface area contributed by atoms with Crippen LogP contribution in [0.2, 0.25) is 0 Å². The summed E-state index contributed by atoms with van der Waals surface area (Å²) in [5, 5.41) is 17.6. The predicted molar refractivity (Wildman–Crippen MR) is 198 cm³/mol. The van der Waals surface area contributed by atoms with Crippen LogP contribution in [0.1, 0.15) is 103 Å². The summed E-state index contributed by atoms with van der Waals surface area (Å²) in [6.07, 6.45) is 12.0. The average Bonchev–Trinajstić information content (AvgIpc) is 3.48. The van der Waals surface area contributed by atoms with Crippen LogP contribution in [0.25, 0.3) is 11.1 Å². The van der Waals surface area contributed by atoms with Crippen LogP contribution >= 0.6 is 0 Å². The first-order valence-corrected chi connectivity index (χ1v) is 19.1. The molecule has 1 aromatic carbocycles. The number of anilines is 1. The third-order valence-electron chi connectivity index (χ3n) is 11.2. The van der Waals surface area contributed by atoms with Crippen molar-refractivity contribution in [1.82, 2.24) is 24.6 Å². The maximum absolute atomic E-state index is 12.5. The molecule has 1 aliphatic carbocycles. The monoisotopic (exact) mass is 675 g/mol. The molecular weight excluding hydrogens is 614 g/mol. The minimum Gasteiger partial charge on any atom is -0.444 e. The van der Waals surface area contributed by atoms with E-state index in [0.717, 1.165) is 102 Å². The predicted octanol–water partition coefficient (Wildman–Crippen LogP) is 6.30. The van der Waals surface area contributed by atoms with E-state index in [0.29, 0.717) is 18.0 Å². The van der Waals surface area contributed by atoms with E-state index >= 15 is 0 Å². The minimum atomic E-state index is -0.447. The van der Waals surface area contributed by atoms with Gasteiger partial charge in [0, 0.05) is 88.0 Å². The number of aliphatic hydroxyl groups excluding tert-OH is 1. The molecule has 1 saturated carbocycles. The Hall–Kier alpha value is -2.92. The average molecular weight is 676 g/mol. The van der Waals surface area contributed by atoms with Crippen LogP contribution in [0, 0.1) is 5.92 Å². The number of amides is 1. The molecule has 0 bridgehead atoms. The Bertz CT molecular complexity index is 1390. The highest BCUT2D eigenvalue weighted by atomic mass is 16.6. The van der Waals surface area contributed by atoms with E-state index in [-0.39, 0.29) is 18.5 Å². The van der Waals surface area contributed by atoms with Crippen LogP contribution in [-0.4, -0.2) is 107 Å². The number of aromatic nitrogens is 1. The van der Waals surface area contributed by atoms with Gasteiger partial charge in [0.2, 0.25) is 0 Å². The van der Waals surface area contributed by atoms with Crippen molar-refractivity contribution in [1.29, 1.82) is 0 Å². The number of nitrogens with one attached hydrogen (secondary N) is 2. The van der Waals surface area contributed by atoms with Crippen molar-refractivity contribution >= 4 is 18.1 Å². The molecule has 1 aromatic heterocycles. The van der Waals surface area contributed by atoms with Crippen LogP contribution in [0.3, 0.4) is 0 Å². The summed E-state index contributed by atoms with van der Waals surface area (Å²) in [7, 11) is 0. The Morgan fingerprint density at radius 2 is 1.63 bits per heavy atom. The topological polar surface area (TPSA) is 97.6 Å². The standard InChI is InChI=1S/C39H61N7O3/c1-6-28(7-2)24-40-37-41-25-34-35(27-46(36(34)42-37)32-12-14-33(47)15-13-32)30-10-8-29(9-11-30)26-43-20-22-44(23-21-43)31-16-18-45(19-17-31)38(48)49-39(3,4)5/h8-11,25,27-28,31-33,37,40,42,47H,6-7,12-24,26H2,1-5H3. The second-order valence-electron chi connectivity index (χ2n) is 15.8. The molecule has 4 heterocycles. The van der Waals surface area contributed by atoms with Crippen molar-refractivity contribution in [3.8, 4) is 11.1 Å². The van der Waals surface area contributed by atoms with Gasteiger partial charge in [-0.1, -0.05) is 51.0 Å². The van der Waals surface area contributed by atoms with Crippen molar-refractivity contribution in [3.63, 3.8) is 0 Å². The van der Waals surface area contributed by atoms with Gasteiger partial charge in [0.1, 0.15) is 11.4 Å². The largest absolute Gasteiger partial charge is 0.444 e. The molecule has 2 saturated heterocycles. The number of ether oxygens (including phenoxy) is 1. The number of likely N-dealkylation sites (tertiary alicyclic amines) is 1. The number of hydrogen-bond acceptors (Lipinski definition) is 8. The summed E-state index contributed by atoms with van der Waals surface area (Å²) >= 11 is 0. The maximum atomic E-state index is 12.5. The van der Waals surface area contributed by atoms with Crippen molar-refractivity contribution in [3.05, 3.63) is 41.6 Å². The van der Waals surface area contributed by atoms with Crippen molar-refractivity contribution < 1.29 is 14.6 Å². The molecule has 1 atom stereocenters. The van der Waals surface area contributed by atoms with E-state index in [1.807, 2.05) is 25.7 Å². The van der Waals surface area contributed by atoms with Gasteiger partial charge in [-0.3, -0.25) is 20.1 Å². The second kappa shape index (κ2) is 16.0. The number of carbonyl (C=O) groups is 1. The Morgan fingerprint density at radius 1 is 0.959 bits per heavy atom. The van der Waals surface area contributed by atoms with E-state index in [1.54, 1.807) is 0 Å². The lowest BCUT2D eigenvalue weighted by Gasteiger charge is -2.42. The molecule has 10 heteroatoms. The molecule has 1 unspecified atom stereocenters. The van der Waals surface area contributed by atoms with Crippen LogP contribution in [0.15, 0.2) is 35.5 Å². The van der Waals surface area contributed by atoms with Crippen LogP contribution in [0.5, 0.6) is 0 Å². The molecule has 0 spiro atoms. The van der Waals surface area contributed by atoms with E-state index in [1.165, 1.54) is 29.5 Å². The SMILES string of the molecule is CCC(CC)CNC1N=Cc2c(-c3ccc(CN4CCN(C5CCN(C(=O)OC(C)(C)C)CC5)CC4)cc3)cn(C3CCC(O)CC3)c2N1. The number of piperazine rings is 1. The Kier molecular flexibility index (Phi) is 11.7. The summed E-state index contributed by atoms with van der Waals surface area (Å²) in [6, 6.07) is 10.1. The molecule has 1 amide bonds. The maximum Gasteiger partial charge on any atom is 0.410 e. The summed E-state index contributed by atoms with van der Waals surface area (Å²) in [5.74, 6) is 1.80. The Morgan fingerprint density at radius 3 is 2.27 bits per heavy atom. The molecule has 3 fully saturated rings. The highest BCUT2D eigenvalue weighted by Gasteiger charge is 2.32. The van der Waals surface area contributed by atoms with E-state index < -0.39 is 5.60 Å². The van der Waals surface area contributed by atoms with Gasteiger partial charge >= 0.3 is 6.09 Å². The number of piperidine rings is 1. The fraction of sp³-hybridized carbons (Fsp3) is 0.692. The minimum absolute atomic E-state index is 0.128. The van der Waals surface area contributed by atoms with E-state index in [2.05, 4.69) is 75.5 Å². The lowest BCUT2D eigenvalue weighted by atomic mass is 9.93. The number of hydrogen-bond donors (Lipinski definition) is 3. The summed E-state index contributed by atoms with van der Waals surface area (Å²) in [4.78, 5) is 24.5. The molecule has 49 heavy (non-hydrogen) atoms. The van der Waals surface area contributed by atoms with Crippen molar-refractivity contribution in [2.24, 2.45) is 10.9 Å².